The zero-order chi connectivity index (χ0) is 24.2. The van der Waals surface area contributed by atoms with Gasteiger partial charge in [-0.15, -0.1) is 0 Å². The van der Waals surface area contributed by atoms with E-state index in [-0.39, 0.29) is 11.7 Å². The van der Waals surface area contributed by atoms with E-state index >= 15 is 0 Å². The third-order valence-electron chi connectivity index (χ3n) is 6.76. The van der Waals surface area contributed by atoms with Crippen LogP contribution in [0.4, 0.5) is 0 Å². The maximum atomic E-state index is 13.4. The Kier molecular flexibility index (Phi) is 5.14. The van der Waals surface area contributed by atoms with Gasteiger partial charge in [-0.25, -0.2) is 13.4 Å². The normalized spacial score (nSPS) is 16.8. The van der Waals surface area contributed by atoms with Crippen LogP contribution in [0.3, 0.4) is 0 Å². The van der Waals surface area contributed by atoms with Crippen LogP contribution in [0.25, 0.3) is 22.2 Å². The number of fused-ring (bicyclic) bond motifs is 3. The molecular formula is C27H25N3O4S. The van der Waals surface area contributed by atoms with Crippen LogP contribution in [0, 0.1) is 6.92 Å². The van der Waals surface area contributed by atoms with Crippen molar-refractivity contribution in [2.45, 2.75) is 31.2 Å². The number of nitrogens with zero attached hydrogens (tertiary/aromatic N) is 2. The van der Waals surface area contributed by atoms with Crippen LogP contribution in [-0.4, -0.2) is 48.1 Å². The van der Waals surface area contributed by atoms with E-state index in [4.69, 9.17) is 4.74 Å². The molecule has 0 radical (unpaired) electrons. The number of aromatic amines is 1. The van der Waals surface area contributed by atoms with E-state index in [1.54, 1.807) is 23.1 Å². The molecule has 8 heteroatoms. The van der Waals surface area contributed by atoms with Gasteiger partial charge in [0.15, 0.2) is 9.84 Å². The highest BCUT2D eigenvalue weighted by Crippen LogP contribution is 2.32. The summed E-state index contributed by atoms with van der Waals surface area (Å²) < 4.78 is 30.6. The molecule has 0 fully saturated rings. The Hall–Kier alpha value is -3.65. The number of imidazole rings is 1. The largest absolute Gasteiger partial charge is 0.491 e. The second kappa shape index (κ2) is 8.23. The van der Waals surface area contributed by atoms with E-state index in [2.05, 4.69) is 22.1 Å². The average molecular weight is 488 g/mol. The van der Waals surface area contributed by atoms with E-state index < -0.39 is 9.84 Å². The first-order chi connectivity index (χ1) is 16.9. The van der Waals surface area contributed by atoms with E-state index in [9.17, 15) is 13.2 Å². The molecule has 1 aromatic heterocycles. The molecule has 1 N–H and O–H groups in total. The summed E-state index contributed by atoms with van der Waals surface area (Å²) in [5.74, 6) is 1.70. The van der Waals surface area contributed by atoms with Gasteiger partial charge in [0.05, 0.1) is 28.2 Å². The second-order valence-corrected chi connectivity index (χ2v) is 11.3. The molecule has 7 nitrogen and oxygen atoms in total. The molecule has 35 heavy (non-hydrogen) atoms. The van der Waals surface area contributed by atoms with Crippen molar-refractivity contribution >= 4 is 26.8 Å². The zero-order valence-electron chi connectivity index (χ0n) is 19.4. The van der Waals surface area contributed by atoms with E-state index in [1.165, 1.54) is 0 Å². The standard InChI is InChI=1S/C27H25N3O4S/c1-17-28-23-7-4-19(15-24(23)29-17)18-5-8-25-22(13-18)16-30(10-11-34-25)27(31)21-6-9-26-20(14-21)3-2-12-35(26,32)33/h4-9,13-15H,2-3,10-12,16H2,1H3,(H,28,29). The van der Waals surface area contributed by atoms with Gasteiger partial charge in [0.1, 0.15) is 18.2 Å². The minimum atomic E-state index is -3.25. The Balaban J connectivity index is 1.30. The third kappa shape index (κ3) is 3.97. The van der Waals surface area contributed by atoms with Gasteiger partial charge in [-0.2, -0.15) is 0 Å². The molecule has 4 aromatic rings. The summed E-state index contributed by atoms with van der Waals surface area (Å²) in [4.78, 5) is 23.3. The lowest BCUT2D eigenvalue weighted by atomic mass is 10.0. The second-order valence-electron chi connectivity index (χ2n) is 9.20. The van der Waals surface area contributed by atoms with Crippen LogP contribution in [0.2, 0.25) is 0 Å². The molecule has 3 heterocycles. The van der Waals surface area contributed by atoms with Crippen molar-refractivity contribution in [2.75, 3.05) is 18.9 Å². The lowest BCUT2D eigenvalue weighted by molar-refractivity contribution is 0.0733. The number of hydrogen-bond donors (Lipinski definition) is 1. The van der Waals surface area contributed by atoms with Crippen LogP contribution in [0.5, 0.6) is 5.75 Å². The molecule has 0 aliphatic carbocycles. The molecule has 6 rings (SSSR count). The molecular weight excluding hydrogens is 462 g/mol. The molecule has 0 saturated carbocycles. The summed E-state index contributed by atoms with van der Waals surface area (Å²) in [6, 6.07) is 17.2. The lowest BCUT2D eigenvalue weighted by Crippen LogP contribution is -2.32. The number of benzene rings is 3. The van der Waals surface area contributed by atoms with Crippen LogP contribution < -0.4 is 4.74 Å². The molecule has 0 saturated heterocycles. The summed E-state index contributed by atoms with van der Waals surface area (Å²) in [5.41, 5.74) is 6.20. The third-order valence-corrected chi connectivity index (χ3v) is 8.66. The number of aromatic nitrogens is 2. The topological polar surface area (TPSA) is 92.4 Å². The summed E-state index contributed by atoms with van der Waals surface area (Å²) >= 11 is 0. The number of rotatable bonds is 2. The first-order valence-corrected chi connectivity index (χ1v) is 13.4. The van der Waals surface area contributed by atoms with Crippen LogP contribution in [0.1, 0.15) is 33.7 Å². The predicted octanol–water partition coefficient (Wildman–Crippen LogP) is 4.29. The van der Waals surface area contributed by atoms with Crippen molar-refractivity contribution in [3.8, 4) is 16.9 Å². The van der Waals surface area contributed by atoms with E-state index in [1.807, 2.05) is 31.2 Å². The minimum absolute atomic E-state index is 0.119. The Bertz CT molecular complexity index is 1590. The first-order valence-electron chi connectivity index (χ1n) is 11.7. The quantitative estimate of drug-likeness (QED) is 0.455. The van der Waals surface area contributed by atoms with E-state index in [0.29, 0.717) is 43.0 Å². The van der Waals surface area contributed by atoms with Gasteiger partial charge in [0, 0.05) is 17.7 Å². The Morgan fingerprint density at radius 1 is 1.03 bits per heavy atom. The number of carbonyl (C=O) groups excluding carboxylic acids is 1. The van der Waals surface area contributed by atoms with Crippen LogP contribution in [0.15, 0.2) is 59.5 Å². The smallest absolute Gasteiger partial charge is 0.254 e. The van der Waals surface area contributed by atoms with Crippen molar-refractivity contribution in [3.05, 3.63) is 77.1 Å². The van der Waals surface area contributed by atoms with E-state index in [0.717, 1.165) is 44.9 Å². The average Bonchev–Trinajstić information content (AvgIpc) is 3.08. The lowest BCUT2D eigenvalue weighted by Gasteiger charge is -2.22. The summed E-state index contributed by atoms with van der Waals surface area (Å²) in [5, 5.41) is 0. The number of nitrogens with one attached hydrogen (secondary N) is 1. The SMILES string of the molecule is Cc1nc2ccc(-c3ccc4c(c3)CN(C(=O)c3ccc5c(c3)CCCS5(=O)=O)CCO4)cc2[nH]1. The van der Waals surface area contributed by atoms with Gasteiger partial charge in [0.25, 0.3) is 5.91 Å². The number of hydrogen-bond acceptors (Lipinski definition) is 5. The van der Waals surface area contributed by atoms with Crippen molar-refractivity contribution < 1.29 is 17.9 Å². The minimum Gasteiger partial charge on any atom is -0.491 e. The number of carbonyl (C=O) groups is 1. The fraction of sp³-hybridized carbons (Fsp3) is 0.259. The van der Waals surface area contributed by atoms with Crippen LogP contribution in [-0.2, 0) is 22.8 Å². The Morgan fingerprint density at radius 2 is 1.86 bits per heavy atom. The van der Waals surface area contributed by atoms with Gasteiger partial charge >= 0.3 is 0 Å². The molecule has 0 atom stereocenters. The molecule has 0 spiro atoms. The number of amides is 1. The summed E-state index contributed by atoms with van der Waals surface area (Å²) in [7, 11) is -3.25. The van der Waals surface area contributed by atoms with Gasteiger partial charge in [-0.3, -0.25) is 4.79 Å². The molecule has 3 aromatic carbocycles. The highest BCUT2D eigenvalue weighted by molar-refractivity contribution is 7.91. The maximum Gasteiger partial charge on any atom is 0.254 e. The Labute approximate surface area is 203 Å². The van der Waals surface area contributed by atoms with Crippen molar-refractivity contribution in [2.24, 2.45) is 0 Å². The van der Waals surface area contributed by atoms with Gasteiger partial charge in [-0.05, 0) is 78.9 Å². The molecule has 0 bridgehead atoms. The monoisotopic (exact) mass is 487 g/mol. The summed E-state index contributed by atoms with van der Waals surface area (Å²) in [6.07, 6.45) is 1.26. The molecule has 178 valence electrons. The molecule has 1 amide bonds. The number of aryl methyl sites for hydroxylation is 2. The number of ether oxygens (including phenoxy) is 1. The highest BCUT2D eigenvalue weighted by Gasteiger charge is 2.26. The van der Waals surface area contributed by atoms with Crippen molar-refractivity contribution in [3.63, 3.8) is 0 Å². The maximum absolute atomic E-state index is 13.4. The summed E-state index contributed by atoms with van der Waals surface area (Å²) in [6.45, 7) is 3.21. The predicted molar refractivity (Wildman–Crippen MR) is 133 cm³/mol. The van der Waals surface area contributed by atoms with Gasteiger partial charge in [-0.1, -0.05) is 12.1 Å². The first kappa shape index (κ1) is 21.9. The fourth-order valence-electron chi connectivity index (χ4n) is 5.02. The Morgan fingerprint density at radius 3 is 2.74 bits per heavy atom. The number of H-pyrrole nitrogens is 1. The van der Waals surface area contributed by atoms with Crippen molar-refractivity contribution in [1.29, 1.82) is 0 Å². The molecule has 0 unspecified atom stereocenters. The molecule has 2 aliphatic heterocycles. The zero-order valence-corrected chi connectivity index (χ0v) is 20.2. The van der Waals surface area contributed by atoms with Gasteiger partial charge < -0.3 is 14.6 Å². The molecule has 2 aliphatic rings. The number of sulfone groups is 1. The van der Waals surface area contributed by atoms with Crippen LogP contribution >= 0.6 is 0 Å². The highest BCUT2D eigenvalue weighted by atomic mass is 32.2. The van der Waals surface area contributed by atoms with Gasteiger partial charge in [0.2, 0.25) is 0 Å². The van der Waals surface area contributed by atoms with Crippen molar-refractivity contribution in [1.82, 2.24) is 14.9 Å². The fourth-order valence-corrected chi connectivity index (χ4v) is 6.60.